The van der Waals surface area contributed by atoms with Crippen molar-refractivity contribution in [2.24, 2.45) is 0 Å². The van der Waals surface area contributed by atoms with Gasteiger partial charge >= 0.3 is 5.97 Å². The molecule has 0 spiro atoms. The van der Waals surface area contributed by atoms with Crippen molar-refractivity contribution in [1.29, 1.82) is 0 Å². The van der Waals surface area contributed by atoms with Crippen molar-refractivity contribution in [3.63, 3.8) is 0 Å². The first-order valence-electron chi connectivity index (χ1n) is 4.25. The zero-order valence-electron chi connectivity index (χ0n) is 7.80. The topological polar surface area (TPSA) is 59.3 Å². The van der Waals surface area contributed by atoms with Gasteiger partial charge in [-0.2, -0.15) is 0 Å². The predicted octanol–water partition coefficient (Wildman–Crippen LogP) is 0.966. The van der Waals surface area contributed by atoms with Gasteiger partial charge in [0.25, 0.3) is 5.56 Å². The molecule has 14 heavy (non-hydrogen) atoms. The van der Waals surface area contributed by atoms with Crippen molar-refractivity contribution in [3.8, 4) is 0 Å². The molecule has 1 aromatic heterocycles. The van der Waals surface area contributed by atoms with E-state index in [1.165, 1.54) is 10.6 Å². The van der Waals surface area contributed by atoms with E-state index in [0.29, 0.717) is 12.1 Å². The molecule has 1 heterocycles. The van der Waals surface area contributed by atoms with Crippen LogP contribution >= 0.6 is 0 Å². The van der Waals surface area contributed by atoms with Gasteiger partial charge in [-0.25, -0.2) is 4.79 Å². The molecule has 0 saturated carbocycles. The van der Waals surface area contributed by atoms with Crippen LogP contribution in [0.5, 0.6) is 0 Å². The van der Waals surface area contributed by atoms with Crippen LogP contribution in [0.15, 0.2) is 29.2 Å². The number of carboxylic acids is 1. The highest BCUT2D eigenvalue weighted by Crippen LogP contribution is 1.95. The molecular weight excluding hydrogens is 182 g/mol. The standard InChI is InChI=1S/C10H11NO3/c1-2-11-7-3-4-8(10(11)14)5-6-9(12)13/h3-7H,2H2,1H3,(H,12,13)/b6-5+. The van der Waals surface area contributed by atoms with Gasteiger partial charge in [0.15, 0.2) is 0 Å². The van der Waals surface area contributed by atoms with Gasteiger partial charge in [-0.15, -0.1) is 0 Å². The molecule has 1 N–H and O–H groups in total. The van der Waals surface area contributed by atoms with E-state index in [4.69, 9.17) is 5.11 Å². The lowest BCUT2D eigenvalue weighted by Gasteiger charge is -2.01. The first-order valence-corrected chi connectivity index (χ1v) is 4.25. The fourth-order valence-electron chi connectivity index (χ4n) is 1.09. The molecule has 4 heteroatoms. The largest absolute Gasteiger partial charge is 0.478 e. The highest BCUT2D eigenvalue weighted by atomic mass is 16.4. The second kappa shape index (κ2) is 4.41. The number of nitrogens with zero attached hydrogens (tertiary/aromatic N) is 1. The molecule has 4 nitrogen and oxygen atoms in total. The van der Waals surface area contributed by atoms with E-state index in [9.17, 15) is 9.59 Å². The Kier molecular flexibility index (Phi) is 3.23. The van der Waals surface area contributed by atoms with Crippen LogP contribution in [0.1, 0.15) is 12.5 Å². The fourth-order valence-corrected chi connectivity index (χ4v) is 1.09. The Morgan fingerprint density at radius 3 is 2.93 bits per heavy atom. The van der Waals surface area contributed by atoms with Crippen LogP contribution in [0, 0.1) is 0 Å². The maximum atomic E-state index is 11.5. The van der Waals surface area contributed by atoms with Crippen LogP contribution in [0.4, 0.5) is 0 Å². The summed E-state index contributed by atoms with van der Waals surface area (Å²) in [5.74, 6) is -1.06. The summed E-state index contributed by atoms with van der Waals surface area (Å²) in [6.07, 6.45) is 3.92. The average Bonchev–Trinajstić information content (AvgIpc) is 2.16. The number of carbonyl (C=O) groups is 1. The minimum atomic E-state index is -1.06. The molecule has 0 radical (unpaired) electrons. The van der Waals surface area contributed by atoms with Gasteiger partial charge in [0.2, 0.25) is 0 Å². The molecule has 0 atom stereocenters. The van der Waals surface area contributed by atoms with E-state index >= 15 is 0 Å². The summed E-state index contributed by atoms with van der Waals surface area (Å²) < 4.78 is 1.52. The molecule has 0 fully saturated rings. The van der Waals surface area contributed by atoms with E-state index in [-0.39, 0.29) is 5.56 Å². The quantitative estimate of drug-likeness (QED) is 0.727. The molecule has 0 aliphatic rings. The van der Waals surface area contributed by atoms with Crippen molar-refractivity contribution in [1.82, 2.24) is 4.57 Å². The van der Waals surface area contributed by atoms with Gasteiger partial charge in [0, 0.05) is 24.4 Å². The number of aromatic nitrogens is 1. The SMILES string of the molecule is CCn1cccc(/C=C/C(=O)O)c1=O. The Labute approximate surface area is 81.1 Å². The molecule has 1 rings (SSSR count). The summed E-state index contributed by atoms with van der Waals surface area (Å²) in [4.78, 5) is 21.8. The Hall–Kier alpha value is -1.84. The maximum absolute atomic E-state index is 11.5. The fraction of sp³-hybridized carbons (Fsp3) is 0.200. The van der Waals surface area contributed by atoms with Crippen molar-refractivity contribution < 1.29 is 9.90 Å². The number of hydrogen-bond acceptors (Lipinski definition) is 2. The zero-order valence-corrected chi connectivity index (χ0v) is 7.80. The second-order valence-electron chi connectivity index (χ2n) is 2.73. The highest BCUT2D eigenvalue weighted by molar-refractivity contribution is 5.85. The number of pyridine rings is 1. The lowest BCUT2D eigenvalue weighted by molar-refractivity contribution is -0.131. The molecule has 0 aliphatic heterocycles. The molecule has 0 amide bonds. The number of hydrogen-bond donors (Lipinski definition) is 1. The normalized spacial score (nSPS) is 10.6. The lowest BCUT2D eigenvalue weighted by atomic mass is 10.2. The minimum absolute atomic E-state index is 0.174. The van der Waals surface area contributed by atoms with Crippen LogP contribution < -0.4 is 5.56 Å². The third-order valence-electron chi connectivity index (χ3n) is 1.80. The van der Waals surface area contributed by atoms with E-state index in [2.05, 4.69) is 0 Å². The summed E-state index contributed by atoms with van der Waals surface area (Å²) in [6.45, 7) is 2.43. The van der Waals surface area contributed by atoms with Gasteiger partial charge in [0.05, 0.1) is 0 Å². The Bertz CT molecular complexity index is 418. The van der Waals surface area contributed by atoms with Gasteiger partial charge in [-0.3, -0.25) is 4.79 Å². The van der Waals surface area contributed by atoms with Gasteiger partial charge < -0.3 is 9.67 Å². The van der Waals surface area contributed by atoms with Gasteiger partial charge in [0.1, 0.15) is 0 Å². The molecular formula is C10H11NO3. The summed E-state index contributed by atoms with van der Waals surface area (Å²) >= 11 is 0. The van der Waals surface area contributed by atoms with Gasteiger partial charge in [-0.1, -0.05) is 0 Å². The summed E-state index contributed by atoms with van der Waals surface area (Å²) in [6, 6.07) is 3.31. The summed E-state index contributed by atoms with van der Waals surface area (Å²) in [5.41, 5.74) is 0.212. The van der Waals surface area contributed by atoms with Crippen LogP contribution in [-0.2, 0) is 11.3 Å². The first-order chi connectivity index (χ1) is 6.65. The average molecular weight is 193 g/mol. The monoisotopic (exact) mass is 193 g/mol. The Morgan fingerprint density at radius 1 is 1.64 bits per heavy atom. The van der Waals surface area contributed by atoms with Crippen LogP contribution in [0.3, 0.4) is 0 Å². The minimum Gasteiger partial charge on any atom is -0.478 e. The van der Waals surface area contributed by atoms with E-state index in [0.717, 1.165) is 6.08 Å². The van der Waals surface area contributed by atoms with Crippen LogP contribution in [0.2, 0.25) is 0 Å². The van der Waals surface area contributed by atoms with Crippen LogP contribution in [0.25, 0.3) is 6.08 Å². The zero-order chi connectivity index (χ0) is 10.6. The number of aliphatic carboxylic acids is 1. The molecule has 0 aromatic carbocycles. The van der Waals surface area contributed by atoms with Crippen molar-refractivity contribution in [2.75, 3.05) is 0 Å². The third-order valence-corrected chi connectivity index (χ3v) is 1.80. The summed E-state index contributed by atoms with van der Waals surface area (Å²) in [7, 11) is 0. The number of aryl methyl sites for hydroxylation is 1. The Balaban J connectivity index is 3.10. The molecule has 1 aromatic rings. The van der Waals surface area contributed by atoms with Crippen molar-refractivity contribution in [2.45, 2.75) is 13.5 Å². The predicted molar refractivity (Wildman–Crippen MR) is 53.0 cm³/mol. The van der Waals surface area contributed by atoms with E-state index < -0.39 is 5.97 Å². The van der Waals surface area contributed by atoms with Crippen molar-refractivity contribution >= 4 is 12.0 Å². The maximum Gasteiger partial charge on any atom is 0.328 e. The highest BCUT2D eigenvalue weighted by Gasteiger charge is 1.98. The molecule has 0 unspecified atom stereocenters. The third kappa shape index (κ3) is 2.32. The lowest BCUT2D eigenvalue weighted by Crippen LogP contribution is -2.20. The molecule has 0 saturated heterocycles. The van der Waals surface area contributed by atoms with E-state index in [1.54, 1.807) is 18.3 Å². The number of carboxylic acid groups (broad SMARTS) is 1. The first kappa shape index (κ1) is 10.2. The Morgan fingerprint density at radius 2 is 2.36 bits per heavy atom. The molecule has 74 valence electrons. The summed E-state index contributed by atoms with van der Waals surface area (Å²) in [5, 5.41) is 8.40. The molecule has 0 aliphatic carbocycles. The molecule has 0 bridgehead atoms. The van der Waals surface area contributed by atoms with Crippen molar-refractivity contribution in [3.05, 3.63) is 40.3 Å². The smallest absolute Gasteiger partial charge is 0.328 e. The second-order valence-corrected chi connectivity index (χ2v) is 2.73. The van der Waals surface area contributed by atoms with Gasteiger partial charge in [-0.05, 0) is 25.1 Å². The van der Waals surface area contributed by atoms with Crippen LogP contribution in [-0.4, -0.2) is 15.6 Å². The van der Waals surface area contributed by atoms with E-state index in [1.807, 2.05) is 6.92 Å². The number of rotatable bonds is 3.